The van der Waals surface area contributed by atoms with Gasteiger partial charge < -0.3 is 15.4 Å². The van der Waals surface area contributed by atoms with Crippen LogP contribution in [-0.2, 0) is 9.53 Å². The third kappa shape index (κ3) is 5.54. The van der Waals surface area contributed by atoms with Crippen LogP contribution in [0.3, 0.4) is 0 Å². The highest BCUT2D eigenvalue weighted by Gasteiger charge is 2.17. The Morgan fingerprint density at radius 2 is 1.43 bits per heavy atom. The van der Waals surface area contributed by atoms with Crippen LogP contribution in [0.2, 0.25) is 0 Å². The second-order valence-electron chi connectivity index (χ2n) is 6.64. The van der Waals surface area contributed by atoms with E-state index in [1.807, 2.05) is 37.3 Å². The number of hydrogen-bond donors (Lipinski definition) is 2. The standard InChI is InChI=1S/C24H22N2O4/c1-17(18-10-4-2-5-11-18)25-23(28)20-14-8-9-15-21(20)26-22(27)16-30-24(29)19-12-6-3-7-13-19/h2-15,17H,16H2,1H3,(H,25,28)(H,26,27). The molecule has 0 fully saturated rings. The number of para-hydroxylation sites is 1. The van der Waals surface area contributed by atoms with Crippen molar-refractivity contribution in [1.82, 2.24) is 5.32 Å². The van der Waals surface area contributed by atoms with Crippen molar-refractivity contribution in [3.8, 4) is 0 Å². The molecule has 30 heavy (non-hydrogen) atoms. The van der Waals surface area contributed by atoms with Crippen molar-refractivity contribution >= 4 is 23.5 Å². The van der Waals surface area contributed by atoms with Crippen molar-refractivity contribution < 1.29 is 19.1 Å². The molecule has 0 aliphatic rings. The summed E-state index contributed by atoms with van der Waals surface area (Å²) in [6.45, 7) is 1.43. The Hall–Kier alpha value is -3.93. The van der Waals surface area contributed by atoms with Gasteiger partial charge in [-0.1, -0.05) is 60.7 Å². The summed E-state index contributed by atoms with van der Waals surface area (Å²) in [6, 6.07) is 24.5. The summed E-state index contributed by atoms with van der Waals surface area (Å²) in [7, 11) is 0. The highest BCUT2D eigenvalue weighted by Crippen LogP contribution is 2.18. The smallest absolute Gasteiger partial charge is 0.338 e. The Bertz CT molecular complexity index is 1020. The van der Waals surface area contributed by atoms with E-state index in [-0.39, 0.29) is 11.9 Å². The van der Waals surface area contributed by atoms with E-state index in [1.165, 1.54) is 0 Å². The number of carbonyl (C=O) groups excluding carboxylic acids is 3. The predicted molar refractivity (Wildman–Crippen MR) is 114 cm³/mol. The Labute approximate surface area is 174 Å². The number of rotatable bonds is 7. The highest BCUT2D eigenvalue weighted by atomic mass is 16.5. The van der Waals surface area contributed by atoms with Gasteiger partial charge in [0.15, 0.2) is 6.61 Å². The fourth-order valence-corrected chi connectivity index (χ4v) is 2.86. The first-order chi connectivity index (χ1) is 14.5. The first-order valence-electron chi connectivity index (χ1n) is 9.51. The monoisotopic (exact) mass is 402 g/mol. The molecule has 0 aromatic heterocycles. The fourth-order valence-electron chi connectivity index (χ4n) is 2.86. The van der Waals surface area contributed by atoms with Gasteiger partial charge in [0.25, 0.3) is 11.8 Å². The Morgan fingerprint density at radius 3 is 2.13 bits per heavy atom. The average molecular weight is 402 g/mol. The molecule has 0 radical (unpaired) electrons. The van der Waals surface area contributed by atoms with Crippen molar-refractivity contribution in [3.05, 3.63) is 102 Å². The summed E-state index contributed by atoms with van der Waals surface area (Å²) < 4.78 is 5.03. The normalized spacial score (nSPS) is 11.2. The van der Waals surface area contributed by atoms with Crippen LogP contribution in [0.5, 0.6) is 0 Å². The van der Waals surface area contributed by atoms with Crippen molar-refractivity contribution in [2.45, 2.75) is 13.0 Å². The molecule has 0 saturated heterocycles. The van der Waals surface area contributed by atoms with E-state index in [9.17, 15) is 14.4 Å². The molecule has 0 aliphatic carbocycles. The summed E-state index contributed by atoms with van der Waals surface area (Å²) in [5.41, 5.74) is 2.00. The van der Waals surface area contributed by atoms with Gasteiger partial charge in [-0.2, -0.15) is 0 Å². The molecule has 6 heteroatoms. The van der Waals surface area contributed by atoms with E-state index in [2.05, 4.69) is 10.6 Å². The van der Waals surface area contributed by atoms with E-state index in [0.29, 0.717) is 16.8 Å². The fraction of sp³-hybridized carbons (Fsp3) is 0.125. The maximum Gasteiger partial charge on any atom is 0.338 e. The quantitative estimate of drug-likeness (QED) is 0.586. The number of benzene rings is 3. The van der Waals surface area contributed by atoms with Gasteiger partial charge in [0, 0.05) is 0 Å². The minimum Gasteiger partial charge on any atom is -0.452 e. The average Bonchev–Trinajstić information content (AvgIpc) is 2.79. The molecule has 0 saturated carbocycles. The lowest BCUT2D eigenvalue weighted by atomic mass is 10.1. The minimum absolute atomic E-state index is 0.200. The lowest BCUT2D eigenvalue weighted by Crippen LogP contribution is -2.28. The Kier molecular flexibility index (Phi) is 6.95. The van der Waals surface area contributed by atoms with Gasteiger partial charge in [-0.25, -0.2) is 4.79 Å². The van der Waals surface area contributed by atoms with Gasteiger partial charge in [0.2, 0.25) is 0 Å². The first-order valence-corrected chi connectivity index (χ1v) is 9.51. The topological polar surface area (TPSA) is 84.5 Å². The van der Waals surface area contributed by atoms with Crippen molar-refractivity contribution in [2.24, 2.45) is 0 Å². The molecule has 2 N–H and O–H groups in total. The molecule has 152 valence electrons. The van der Waals surface area contributed by atoms with Crippen LogP contribution in [0.1, 0.15) is 39.2 Å². The third-order valence-corrected chi connectivity index (χ3v) is 4.44. The molecule has 6 nitrogen and oxygen atoms in total. The lowest BCUT2D eigenvalue weighted by Gasteiger charge is -2.16. The van der Waals surface area contributed by atoms with Gasteiger partial charge in [0.05, 0.1) is 22.9 Å². The molecular weight excluding hydrogens is 380 g/mol. The molecule has 0 spiro atoms. The van der Waals surface area contributed by atoms with E-state index in [4.69, 9.17) is 4.74 Å². The molecule has 0 heterocycles. The number of anilines is 1. The SMILES string of the molecule is CC(NC(=O)c1ccccc1NC(=O)COC(=O)c1ccccc1)c1ccccc1. The molecular formula is C24H22N2O4. The number of amides is 2. The van der Waals surface area contributed by atoms with E-state index in [1.54, 1.807) is 54.6 Å². The molecule has 0 aliphatic heterocycles. The van der Waals surface area contributed by atoms with Gasteiger partial charge in [0.1, 0.15) is 0 Å². The maximum absolute atomic E-state index is 12.7. The number of nitrogens with one attached hydrogen (secondary N) is 2. The second kappa shape index (κ2) is 10.0. The highest BCUT2D eigenvalue weighted by molar-refractivity contribution is 6.04. The first kappa shape index (κ1) is 20.8. The summed E-state index contributed by atoms with van der Waals surface area (Å²) >= 11 is 0. The molecule has 0 bridgehead atoms. The second-order valence-corrected chi connectivity index (χ2v) is 6.64. The van der Waals surface area contributed by atoms with E-state index >= 15 is 0 Å². The predicted octanol–water partition coefficient (Wildman–Crippen LogP) is 3.97. The number of esters is 1. The molecule has 1 unspecified atom stereocenters. The van der Waals surface area contributed by atoms with Crippen molar-refractivity contribution in [1.29, 1.82) is 0 Å². The summed E-state index contributed by atoms with van der Waals surface area (Å²) in [5.74, 6) is -1.44. The lowest BCUT2D eigenvalue weighted by molar-refractivity contribution is -0.119. The van der Waals surface area contributed by atoms with Crippen LogP contribution in [-0.4, -0.2) is 24.4 Å². The van der Waals surface area contributed by atoms with Gasteiger partial charge in [-0.05, 0) is 36.8 Å². The van der Waals surface area contributed by atoms with Gasteiger partial charge in [-0.3, -0.25) is 9.59 Å². The Morgan fingerprint density at radius 1 is 0.833 bits per heavy atom. The maximum atomic E-state index is 12.7. The number of carbonyl (C=O) groups is 3. The molecule has 3 aromatic rings. The van der Waals surface area contributed by atoms with Crippen molar-refractivity contribution in [2.75, 3.05) is 11.9 Å². The zero-order chi connectivity index (χ0) is 21.3. The van der Waals surface area contributed by atoms with Crippen LogP contribution in [0.25, 0.3) is 0 Å². The summed E-state index contributed by atoms with van der Waals surface area (Å²) in [5, 5.41) is 5.56. The molecule has 2 amide bonds. The number of hydrogen-bond acceptors (Lipinski definition) is 4. The summed E-state index contributed by atoms with van der Waals surface area (Å²) in [6.07, 6.45) is 0. The van der Waals surface area contributed by atoms with Crippen LogP contribution in [0.15, 0.2) is 84.9 Å². The number of ether oxygens (including phenoxy) is 1. The largest absolute Gasteiger partial charge is 0.452 e. The molecule has 3 aromatic carbocycles. The Balaban J connectivity index is 1.61. The van der Waals surface area contributed by atoms with Gasteiger partial charge >= 0.3 is 5.97 Å². The van der Waals surface area contributed by atoms with Crippen LogP contribution >= 0.6 is 0 Å². The van der Waals surface area contributed by atoms with Crippen LogP contribution in [0.4, 0.5) is 5.69 Å². The summed E-state index contributed by atoms with van der Waals surface area (Å²) in [4.78, 5) is 36.9. The van der Waals surface area contributed by atoms with Crippen LogP contribution in [0, 0.1) is 0 Å². The van der Waals surface area contributed by atoms with Crippen molar-refractivity contribution in [3.63, 3.8) is 0 Å². The molecule has 1 atom stereocenters. The minimum atomic E-state index is -0.589. The van der Waals surface area contributed by atoms with Gasteiger partial charge in [-0.15, -0.1) is 0 Å². The zero-order valence-corrected chi connectivity index (χ0v) is 16.5. The van der Waals surface area contributed by atoms with E-state index in [0.717, 1.165) is 5.56 Å². The third-order valence-electron chi connectivity index (χ3n) is 4.44. The van der Waals surface area contributed by atoms with Crippen LogP contribution < -0.4 is 10.6 Å². The van der Waals surface area contributed by atoms with E-state index < -0.39 is 18.5 Å². The molecule has 3 rings (SSSR count). The zero-order valence-electron chi connectivity index (χ0n) is 16.5.